The fraction of sp³-hybridized carbons (Fsp3) is 0.167. The summed E-state index contributed by atoms with van der Waals surface area (Å²) in [6, 6.07) is 2.96. The molecule has 0 aliphatic carbocycles. The van der Waals surface area contributed by atoms with Crippen molar-refractivity contribution in [1.29, 1.82) is 0 Å². The second-order valence-corrected chi connectivity index (χ2v) is 4.59. The van der Waals surface area contributed by atoms with Crippen LogP contribution in [0.15, 0.2) is 17.5 Å². The van der Waals surface area contributed by atoms with Crippen LogP contribution in [-0.2, 0) is 15.1 Å². The fourth-order valence-electron chi connectivity index (χ4n) is 0.808. The van der Waals surface area contributed by atoms with Crippen LogP contribution in [0.25, 0.3) is 0 Å². The predicted molar refractivity (Wildman–Crippen MR) is 50.8 cm³/mol. The van der Waals surface area contributed by atoms with E-state index in [0.717, 1.165) is 11.3 Å². The molecular formula is C6H7NO5S2. The highest BCUT2D eigenvalue weighted by Crippen LogP contribution is 2.22. The molecule has 1 aromatic heterocycles. The lowest BCUT2D eigenvalue weighted by molar-refractivity contribution is -0.135. The molecule has 0 bridgehead atoms. The van der Waals surface area contributed by atoms with Gasteiger partial charge in [0, 0.05) is 0 Å². The molecule has 78 valence electrons. The van der Waals surface area contributed by atoms with Crippen LogP contribution in [-0.4, -0.2) is 30.6 Å². The van der Waals surface area contributed by atoms with E-state index in [2.05, 4.69) is 0 Å². The summed E-state index contributed by atoms with van der Waals surface area (Å²) in [5.41, 5.74) is 0. The first kappa shape index (κ1) is 11.0. The Bertz CT molecular complexity index is 409. The molecule has 0 amide bonds. The number of rotatable bonds is 4. The number of carboxylic acids is 1. The summed E-state index contributed by atoms with van der Waals surface area (Å²) in [6.45, 7) is -0.792. The van der Waals surface area contributed by atoms with Gasteiger partial charge < -0.3 is 5.11 Å². The Kier molecular flexibility index (Phi) is 3.09. The minimum absolute atomic E-state index is 0.162. The maximum Gasteiger partial charge on any atom is 0.361 e. The number of thiophene rings is 1. The summed E-state index contributed by atoms with van der Waals surface area (Å²) in [6.07, 6.45) is 0. The Morgan fingerprint density at radius 3 is 2.57 bits per heavy atom. The zero-order chi connectivity index (χ0) is 10.8. The van der Waals surface area contributed by atoms with Crippen LogP contribution in [0, 0.1) is 0 Å². The third kappa shape index (κ3) is 2.69. The summed E-state index contributed by atoms with van der Waals surface area (Å²) < 4.78 is 30.7. The smallest absolute Gasteiger partial charge is 0.361 e. The summed E-state index contributed by atoms with van der Waals surface area (Å²) in [5.74, 6) is -1.34. The van der Waals surface area contributed by atoms with Gasteiger partial charge in [0.2, 0.25) is 0 Å². The van der Waals surface area contributed by atoms with Crippen LogP contribution >= 0.6 is 11.3 Å². The average Bonchev–Trinajstić information content (AvgIpc) is 2.49. The van der Waals surface area contributed by atoms with Crippen molar-refractivity contribution in [3.8, 4) is 0 Å². The number of carboxylic acid groups (broad SMARTS) is 1. The first-order valence-electron chi connectivity index (χ1n) is 3.41. The second kappa shape index (κ2) is 3.95. The minimum atomic E-state index is -4.52. The van der Waals surface area contributed by atoms with Gasteiger partial charge in [0.1, 0.15) is 11.5 Å². The van der Waals surface area contributed by atoms with Gasteiger partial charge in [0.15, 0.2) is 0 Å². The van der Waals surface area contributed by atoms with Gasteiger partial charge in [-0.3, -0.25) is 9.35 Å². The molecule has 0 aliphatic rings. The molecule has 1 rings (SSSR count). The van der Waals surface area contributed by atoms with Crippen LogP contribution < -0.4 is 4.31 Å². The van der Waals surface area contributed by atoms with Crippen molar-refractivity contribution in [2.75, 3.05) is 10.8 Å². The van der Waals surface area contributed by atoms with Crippen molar-refractivity contribution >= 4 is 32.6 Å². The van der Waals surface area contributed by atoms with Crippen LogP contribution in [0.2, 0.25) is 0 Å². The zero-order valence-corrected chi connectivity index (χ0v) is 8.46. The van der Waals surface area contributed by atoms with Gasteiger partial charge in [-0.2, -0.15) is 8.42 Å². The lowest BCUT2D eigenvalue weighted by atomic mass is 10.6. The van der Waals surface area contributed by atoms with Crippen molar-refractivity contribution in [2.24, 2.45) is 0 Å². The van der Waals surface area contributed by atoms with Crippen molar-refractivity contribution in [2.45, 2.75) is 0 Å². The molecule has 8 heteroatoms. The maximum absolute atomic E-state index is 10.8. The van der Waals surface area contributed by atoms with Gasteiger partial charge in [-0.05, 0) is 17.5 Å². The highest BCUT2D eigenvalue weighted by molar-refractivity contribution is 7.87. The molecular weight excluding hydrogens is 230 g/mol. The van der Waals surface area contributed by atoms with Crippen LogP contribution in [0.1, 0.15) is 0 Å². The molecule has 0 aromatic carbocycles. The van der Waals surface area contributed by atoms with Crippen LogP contribution in [0.3, 0.4) is 0 Å². The van der Waals surface area contributed by atoms with Gasteiger partial charge in [-0.1, -0.05) is 0 Å². The highest BCUT2D eigenvalue weighted by atomic mass is 32.2. The quantitative estimate of drug-likeness (QED) is 0.741. The van der Waals surface area contributed by atoms with Gasteiger partial charge in [0.25, 0.3) is 0 Å². The highest BCUT2D eigenvalue weighted by Gasteiger charge is 2.22. The van der Waals surface area contributed by atoms with E-state index in [0.29, 0.717) is 4.31 Å². The maximum atomic E-state index is 10.8. The van der Waals surface area contributed by atoms with Crippen molar-refractivity contribution in [1.82, 2.24) is 0 Å². The third-order valence-electron chi connectivity index (χ3n) is 1.31. The number of hydrogen-bond acceptors (Lipinski definition) is 4. The standard InChI is InChI=1S/C6H7NO5S2/c8-6(9)4-7(14(10,11)12)5-2-1-3-13-5/h1-3H,4H2,(H,8,9)(H,10,11,12). The normalized spacial score (nSPS) is 11.2. The Morgan fingerprint density at radius 1 is 1.57 bits per heavy atom. The monoisotopic (exact) mass is 237 g/mol. The van der Waals surface area contributed by atoms with E-state index in [1.54, 1.807) is 11.4 Å². The summed E-state index contributed by atoms with van der Waals surface area (Å²) in [7, 11) is -4.52. The van der Waals surface area contributed by atoms with Crippen LogP contribution in [0.4, 0.5) is 5.00 Å². The topological polar surface area (TPSA) is 94.9 Å². The van der Waals surface area contributed by atoms with E-state index >= 15 is 0 Å². The molecule has 0 radical (unpaired) electrons. The Morgan fingerprint density at radius 2 is 2.21 bits per heavy atom. The zero-order valence-electron chi connectivity index (χ0n) is 6.82. The Hall–Kier alpha value is -1.12. The number of aliphatic carboxylic acids is 1. The molecule has 1 heterocycles. The predicted octanol–water partition coefficient (Wildman–Crippen LogP) is 0.442. The summed E-state index contributed by atoms with van der Waals surface area (Å²) in [4.78, 5) is 10.3. The Balaban J connectivity index is 3.01. The Labute approximate surface area is 84.3 Å². The number of hydrogen-bond donors (Lipinski definition) is 2. The first-order chi connectivity index (χ1) is 6.41. The first-order valence-corrected chi connectivity index (χ1v) is 5.69. The molecule has 0 spiro atoms. The van der Waals surface area contributed by atoms with Gasteiger partial charge >= 0.3 is 16.3 Å². The number of nitrogens with zero attached hydrogens (tertiary/aromatic N) is 1. The van der Waals surface area contributed by atoms with E-state index in [4.69, 9.17) is 9.66 Å². The van der Waals surface area contributed by atoms with Crippen molar-refractivity contribution < 1.29 is 22.9 Å². The minimum Gasteiger partial charge on any atom is -0.480 e. The van der Waals surface area contributed by atoms with Gasteiger partial charge in [-0.15, -0.1) is 11.3 Å². The molecule has 1 aromatic rings. The van der Waals surface area contributed by atoms with E-state index in [9.17, 15) is 13.2 Å². The average molecular weight is 237 g/mol. The van der Waals surface area contributed by atoms with Crippen molar-refractivity contribution in [3.05, 3.63) is 17.5 Å². The number of carbonyl (C=O) groups is 1. The largest absolute Gasteiger partial charge is 0.480 e. The van der Waals surface area contributed by atoms with E-state index in [1.807, 2.05) is 0 Å². The third-order valence-corrected chi connectivity index (χ3v) is 3.20. The molecule has 2 N–H and O–H groups in total. The molecule has 0 saturated heterocycles. The lowest BCUT2D eigenvalue weighted by Crippen LogP contribution is -2.34. The SMILES string of the molecule is O=C(O)CN(c1cccs1)S(=O)(=O)O. The summed E-state index contributed by atoms with van der Waals surface area (Å²) in [5, 5.41) is 10.2. The van der Waals surface area contributed by atoms with E-state index < -0.39 is 22.8 Å². The number of anilines is 1. The van der Waals surface area contributed by atoms with Crippen molar-refractivity contribution in [3.63, 3.8) is 0 Å². The molecule has 0 saturated carbocycles. The summed E-state index contributed by atoms with van der Waals surface area (Å²) >= 11 is 1.02. The molecule has 14 heavy (non-hydrogen) atoms. The van der Waals surface area contributed by atoms with Gasteiger partial charge in [0.05, 0.1) is 0 Å². The molecule has 0 unspecified atom stereocenters. The van der Waals surface area contributed by atoms with Crippen LogP contribution in [0.5, 0.6) is 0 Å². The molecule has 0 aliphatic heterocycles. The molecule has 6 nitrogen and oxygen atoms in total. The fourth-order valence-corrected chi connectivity index (χ4v) is 2.42. The molecule has 0 fully saturated rings. The lowest BCUT2D eigenvalue weighted by Gasteiger charge is -2.15. The van der Waals surface area contributed by atoms with Gasteiger partial charge in [-0.25, -0.2) is 4.31 Å². The van der Waals surface area contributed by atoms with E-state index in [1.165, 1.54) is 6.07 Å². The van der Waals surface area contributed by atoms with E-state index in [-0.39, 0.29) is 5.00 Å². The molecule has 0 atom stereocenters. The second-order valence-electron chi connectivity index (χ2n) is 2.33.